The van der Waals surface area contributed by atoms with Crippen LogP contribution in [0.25, 0.3) is 11.0 Å². The number of rotatable bonds is 9. The molecular weight excluding hydrogens is 669 g/mol. The summed E-state index contributed by atoms with van der Waals surface area (Å²) in [6, 6.07) is 22.0. The second-order valence-electron chi connectivity index (χ2n) is 15.3. The van der Waals surface area contributed by atoms with E-state index in [9.17, 15) is 22.0 Å². The van der Waals surface area contributed by atoms with Gasteiger partial charge in [-0.2, -0.15) is 0 Å². The van der Waals surface area contributed by atoms with Gasteiger partial charge in [-0.25, -0.2) is 26.9 Å². The van der Waals surface area contributed by atoms with Gasteiger partial charge < -0.3 is 9.47 Å². The number of carbonyl (C=O) groups excluding carboxylic acids is 1. The van der Waals surface area contributed by atoms with Crippen molar-refractivity contribution >= 4 is 27.0 Å². The summed E-state index contributed by atoms with van der Waals surface area (Å²) >= 11 is 0. The third-order valence-electron chi connectivity index (χ3n) is 12.4. The molecule has 3 aliphatic heterocycles. The average molecular weight is 716 g/mol. The number of para-hydroxylation sites is 2. The molecule has 3 atom stereocenters. The summed E-state index contributed by atoms with van der Waals surface area (Å²) in [5.74, 6) is -2.18. The summed E-state index contributed by atoms with van der Waals surface area (Å²) in [5, 5.41) is 0. The molecule has 4 aliphatic rings. The van der Waals surface area contributed by atoms with Crippen LogP contribution in [0.1, 0.15) is 98.4 Å². The number of nitrogens with zero attached hydrogens (tertiary/aromatic N) is 4. The van der Waals surface area contributed by atoms with Gasteiger partial charge >= 0.3 is 0 Å². The number of likely N-dealkylation sites (tertiary alicyclic amines) is 1. The topological polar surface area (TPSA) is 87.5 Å². The van der Waals surface area contributed by atoms with Crippen molar-refractivity contribution in [1.29, 1.82) is 0 Å². The number of hydrogen-bond donors (Lipinski definition) is 1. The number of aryl methyl sites for hydroxylation is 1. The van der Waals surface area contributed by atoms with Crippen LogP contribution in [0.3, 0.4) is 0 Å². The summed E-state index contributed by atoms with van der Waals surface area (Å²) in [6.07, 6.45) is 10.1. The Kier molecular flexibility index (Phi) is 9.25. The number of imidazole rings is 1. The smallest absolute Gasteiger partial charge is 0.254 e. The molecule has 3 aromatic carbocycles. The number of carbonyl (C=O) groups is 1. The first-order valence-corrected chi connectivity index (χ1v) is 20.2. The van der Waals surface area contributed by atoms with Crippen LogP contribution in [0.15, 0.2) is 71.6 Å². The lowest BCUT2D eigenvalue weighted by Gasteiger charge is -2.45. The van der Waals surface area contributed by atoms with Gasteiger partial charge in [0.05, 0.1) is 11.0 Å². The summed E-state index contributed by atoms with van der Waals surface area (Å²) in [5.41, 5.74) is 3.26. The lowest BCUT2D eigenvalue weighted by molar-refractivity contribution is 0.0606. The number of aromatic nitrogens is 2. The van der Waals surface area contributed by atoms with Gasteiger partial charge in [0.15, 0.2) is 11.6 Å². The first-order chi connectivity index (χ1) is 24.6. The monoisotopic (exact) mass is 715 g/mol. The highest BCUT2D eigenvalue weighted by Crippen LogP contribution is 2.45. The quantitative estimate of drug-likeness (QED) is 0.197. The SMILES string of the molecule is Cc1nc2ccccc2n1C1C[C@H]2CC[C@@H](C1)N2CCC1(c2ccccc2)CCN(C(=O)c2cc(F)c(F)c(S(=O)(=O)NC3CCCC3)c2)CC1. The van der Waals surface area contributed by atoms with Crippen molar-refractivity contribution in [3.05, 3.63) is 95.3 Å². The summed E-state index contributed by atoms with van der Waals surface area (Å²) in [4.78, 5) is 22.2. The zero-order chi connectivity index (χ0) is 35.3. The van der Waals surface area contributed by atoms with E-state index in [1.54, 1.807) is 4.90 Å². The van der Waals surface area contributed by atoms with Crippen LogP contribution in [-0.2, 0) is 15.4 Å². The molecule has 11 heteroatoms. The Labute approximate surface area is 299 Å². The normalized spacial score (nSPS) is 24.1. The molecule has 2 bridgehead atoms. The molecule has 1 unspecified atom stereocenters. The molecule has 51 heavy (non-hydrogen) atoms. The van der Waals surface area contributed by atoms with E-state index in [1.165, 1.54) is 23.9 Å². The Hall–Kier alpha value is -3.67. The average Bonchev–Trinajstić information content (AvgIpc) is 3.83. The highest BCUT2D eigenvalue weighted by Gasteiger charge is 2.44. The van der Waals surface area contributed by atoms with Crippen LogP contribution >= 0.6 is 0 Å². The Morgan fingerprint density at radius 1 is 0.902 bits per heavy atom. The van der Waals surface area contributed by atoms with Crippen molar-refractivity contribution in [3.8, 4) is 0 Å². The van der Waals surface area contributed by atoms with Crippen LogP contribution in [0.4, 0.5) is 8.78 Å². The van der Waals surface area contributed by atoms with E-state index in [2.05, 4.69) is 69.6 Å². The van der Waals surface area contributed by atoms with Gasteiger partial charge in [0.25, 0.3) is 5.91 Å². The molecule has 1 aliphatic carbocycles. The number of benzene rings is 3. The molecule has 1 amide bonds. The molecule has 0 spiro atoms. The number of hydrogen-bond acceptors (Lipinski definition) is 5. The van der Waals surface area contributed by atoms with E-state index < -0.39 is 32.5 Å². The first-order valence-electron chi connectivity index (χ1n) is 18.7. The van der Waals surface area contributed by atoms with Crippen molar-refractivity contribution in [2.24, 2.45) is 0 Å². The number of sulfonamides is 1. The van der Waals surface area contributed by atoms with Gasteiger partial charge in [-0.15, -0.1) is 0 Å². The number of halogens is 2. The van der Waals surface area contributed by atoms with Crippen LogP contribution < -0.4 is 4.72 Å². The van der Waals surface area contributed by atoms with Crippen LogP contribution in [0.5, 0.6) is 0 Å². The summed E-state index contributed by atoms with van der Waals surface area (Å²) in [7, 11) is -4.33. The standard InChI is InChI=1S/C40H47F2N5O3S/c1-27-43-35-13-7-8-14-36(35)47(27)33-25-31-15-16-32(26-33)46(31)22-19-40(29-9-3-2-4-10-29)17-20-45(21-18-40)39(48)28-23-34(41)38(42)37(24-28)51(49,50)44-30-11-5-6-12-30/h2-4,7-10,13-14,23-24,30-33,44H,5-6,11-12,15-22,25-26H2,1H3/t31-,32+,33?. The fourth-order valence-corrected chi connectivity index (χ4v) is 11.2. The van der Waals surface area contributed by atoms with Crippen molar-refractivity contribution in [1.82, 2.24) is 24.1 Å². The van der Waals surface area contributed by atoms with E-state index in [0.29, 0.717) is 44.1 Å². The van der Waals surface area contributed by atoms with Gasteiger partial charge in [0, 0.05) is 42.8 Å². The van der Waals surface area contributed by atoms with E-state index >= 15 is 0 Å². The largest absolute Gasteiger partial charge is 0.339 e. The maximum atomic E-state index is 14.9. The zero-order valence-corrected chi connectivity index (χ0v) is 30.1. The number of fused-ring (bicyclic) bond motifs is 3. The van der Waals surface area contributed by atoms with Gasteiger partial charge in [0.1, 0.15) is 10.7 Å². The van der Waals surface area contributed by atoms with Gasteiger partial charge in [-0.3, -0.25) is 9.69 Å². The van der Waals surface area contributed by atoms with E-state index in [4.69, 9.17) is 4.98 Å². The molecule has 4 aromatic rings. The second-order valence-corrected chi connectivity index (χ2v) is 17.0. The highest BCUT2D eigenvalue weighted by molar-refractivity contribution is 7.89. The fourth-order valence-electron chi connectivity index (χ4n) is 9.79. The summed E-state index contributed by atoms with van der Waals surface area (Å²) in [6.45, 7) is 3.98. The van der Waals surface area contributed by atoms with Crippen molar-refractivity contribution in [2.75, 3.05) is 19.6 Å². The van der Waals surface area contributed by atoms with Crippen molar-refractivity contribution in [3.63, 3.8) is 0 Å². The Morgan fingerprint density at radius 3 is 2.27 bits per heavy atom. The summed E-state index contributed by atoms with van der Waals surface area (Å²) < 4.78 is 60.9. The molecule has 4 heterocycles. The van der Waals surface area contributed by atoms with Crippen molar-refractivity contribution < 1.29 is 22.0 Å². The van der Waals surface area contributed by atoms with E-state index in [1.807, 2.05) is 6.07 Å². The Bertz CT molecular complexity index is 2010. The lowest BCUT2D eigenvalue weighted by Crippen LogP contribution is -2.49. The number of amides is 1. The van der Waals surface area contributed by atoms with Crippen LogP contribution in [0.2, 0.25) is 0 Å². The van der Waals surface area contributed by atoms with E-state index in [0.717, 1.165) is 75.0 Å². The fraction of sp³-hybridized carbons (Fsp3) is 0.500. The maximum absolute atomic E-state index is 14.9. The molecule has 4 fully saturated rings. The molecule has 8 rings (SSSR count). The molecule has 1 N–H and O–H groups in total. The molecule has 0 radical (unpaired) electrons. The third kappa shape index (κ3) is 6.50. The lowest BCUT2D eigenvalue weighted by atomic mass is 9.70. The Balaban J connectivity index is 0.971. The third-order valence-corrected chi connectivity index (χ3v) is 14.0. The van der Waals surface area contributed by atoms with Gasteiger partial charge in [-0.1, -0.05) is 55.3 Å². The first kappa shape index (κ1) is 34.4. The molecule has 8 nitrogen and oxygen atoms in total. The highest BCUT2D eigenvalue weighted by atomic mass is 32.2. The molecule has 1 aromatic heterocycles. The van der Waals surface area contributed by atoms with Gasteiger partial charge in [0.2, 0.25) is 10.0 Å². The van der Waals surface area contributed by atoms with Crippen LogP contribution in [0, 0.1) is 18.6 Å². The number of piperidine rings is 2. The molecular formula is C40H47F2N5O3S. The maximum Gasteiger partial charge on any atom is 0.254 e. The predicted octanol–water partition coefficient (Wildman–Crippen LogP) is 7.28. The minimum atomic E-state index is -4.33. The Morgan fingerprint density at radius 2 is 1.57 bits per heavy atom. The molecule has 1 saturated carbocycles. The molecule has 3 saturated heterocycles. The second kappa shape index (κ2) is 13.7. The van der Waals surface area contributed by atoms with Gasteiger partial charge in [-0.05, 0) is 106 Å². The minimum Gasteiger partial charge on any atom is -0.339 e. The van der Waals surface area contributed by atoms with Crippen molar-refractivity contribution in [2.45, 2.75) is 112 Å². The zero-order valence-electron chi connectivity index (χ0n) is 29.2. The van der Waals surface area contributed by atoms with E-state index in [-0.39, 0.29) is 17.0 Å². The minimum absolute atomic E-state index is 0.140. The predicted molar refractivity (Wildman–Crippen MR) is 193 cm³/mol. The number of nitrogens with one attached hydrogen (secondary N) is 1. The van der Waals surface area contributed by atoms with Crippen LogP contribution in [-0.4, -0.2) is 71.4 Å². The molecule has 270 valence electrons.